The van der Waals surface area contributed by atoms with Crippen LogP contribution in [-0.2, 0) is 75.7 Å². The van der Waals surface area contributed by atoms with Crippen LogP contribution in [0, 0.1) is 5.92 Å². The smallest absolute Gasteiger partial charge is 0.387 e. The Morgan fingerprint density at radius 3 is 2.03 bits per heavy atom. The van der Waals surface area contributed by atoms with Gasteiger partial charge in [-0.25, -0.2) is 42.8 Å². The van der Waals surface area contributed by atoms with Crippen molar-refractivity contribution < 1.29 is 108 Å². The van der Waals surface area contributed by atoms with Gasteiger partial charge in [0.25, 0.3) is 17.1 Å². The lowest BCUT2D eigenvalue weighted by Gasteiger charge is -2.26. The maximum Gasteiger partial charge on any atom is 0.490 e. The molecule has 79 heavy (non-hydrogen) atoms. The van der Waals surface area contributed by atoms with Crippen LogP contribution in [0.3, 0.4) is 0 Å². The summed E-state index contributed by atoms with van der Waals surface area (Å²) in [6.45, 7) is -1.25. The fourth-order valence-corrected chi connectivity index (χ4v) is 13.5. The van der Waals surface area contributed by atoms with Gasteiger partial charge in [-0.2, -0.15) is 13.6 Å². The number of methoxy groups -OCH3 is 2. The zero-order valence-corrected chi connectivity index (χ0v) is 44.8. The fraction of sp³-hybridized carbons (Fsp3) is 0.583. The van der Waals surface area contributed by atoms with Gasteiger partial charge in [0, 0.05) is 26.7 Å². The lowest BCUT2D eigenvalue weighted by atomic mass is 9.99. The SMILES string of the molecule is CCNc1nc2c(c(=O)[nH]1)n(C)c[n+]2[C@@H]1O[C@H](COP(=O)(O)OP(=O)(O)OP(=O)(O)OC[C@H]2O[C@@H](n3cnc4c(N)ncnc43)[C@H](OC)[C@@H]2OP(=O)(O)OC[C@H]2O[C@@H](n3cnc4c(=O)[nH]c(N)nc43)[C@H](O)[C@@H]2O)[C@@H](COC)[C@H]1O. The molecule has 0 spiro atoms. The summed E-state index contributed by atoms with van der Waals surface area (Å²) in [7, 11) is -19.4. The topological polar surface area (TPSA) is 537 Å². The summed E-state index contributed by atoms with van der Waals surface area (Å²) in [5, 5.41) is 36.0. The van der Waals surface area contributed by atoms with Gasteiger partial charge in [0.1, 0.15) is 54.6 Å². The molecule has 0 aromatic carbocycles. The second-order valence-corrected chi connectivity index (χ2v) is 23.6. The molecule has 0 aliphatic carbocycles. The van der Waals surface area contributed by atoms with Crippen molar-refractivity contribution in [2.75, 3.05) is 64.0 Å². The number of hydrogen-bond donors (Lipinski definition) is 12. The number of ether oxygens (including phenoxy) is 5. The molecule has 6 aromatic heterocycles. The van der Waals surface area contributed by atoms with Crippen LogP contribution in [-0.4, -0.2) is 184 Å². The van der Waals surface area contributed by atoms with Crippen molar-refractivity contribution in [2.24, 2.45) is 13.0 Å². The molecule has 0 amide bonds. The minimum absolute atomic E-state index is 0.0179. The Hall–Kier alpha value is -5.15. The maximum atomic E-state index is 13.7. The Bertz CT molecular complexity index is 3550. The summed E-state index contributed by atoms with van der Waals surface area (Å²) in [6.07, 6.45) is -12.8. The molecule has 0 radical (unpaired) electrons. The van der Waals surface area contributed by atoms with Crippen LogP contribution in [0.5, 0.6) is 0 Å². The van der Waals surface area contributed by atoms with Crippen LogP contribution >= 0.6 is 31.3 Å². The standard InChI is InChI=1S/C36H51N15O24P4/c1-5-39-36-45-29-20(31(56)47-36)48(2)13-51(29)32-21(52)14(6-65-3)15(70-32)7-68-77(59,60)74-79(63,64)75-78(61,62)69-9-17-24(25(66-4)34(72-17)49-11-42-18-26(37)40-10-41-27(18)49)73-76(57,58)67-8-16-22(53)23(54)33(71-16)50-12-43-19-28(50)44-35(38)46-30(19)55/h10-17,21-25,32-34,52-54H,5-9H2,1-4H3,(H10-,37,38,39,40,41,44,45,46,47,55,56,57,58,59,60,61,62,63,64)/p+1/t14-,15-,16-,17-,21-,22-,23-,24-,25-,32-,33-,34-/m1/s1. The van der Waals surface area contributed by atoms with Gasteiger partial charge >= 0.3 is 36.9 Å². The predicted molar refractivity (Wildman–Crippen MR) is 258 cm³/mol. The Morgan fingerprint density at radius 2 is 1.35 bits per heavy atom. The molecule has 9 rings (SSSR count). The van der Waals surface area contributed by atoms with Crippen molar-refractivity contribution in [1.82, 2.24) is 53.6 Å². The molecule has 9 heterocycles. The van der Waals surface area contributed by atoms with E-state index >= 15 is 0 Å². The van der Waals surface area contributed by atoms with Gasteiger partial charge in [0.15, 0.2) is 41.4 Å². The predicted octanol–water partition coefficient (Wildman–Crippen LogP) is -2.96. The molecule has 3 aliphatic heterocycles. The third-order valence-corrected chi connectivity index (χ3v) is 17.7. The van der Waals surface area contributed by atoms with E-state index in [0.29, 0.717) is 6.54 Å². The van der Waals surface area contributed by atoms with Crippen LogP contribution in [0.2, 0.25) is 0 Å². The number of aliphatic hydroxyl groups is 3. The minimum atomic E-state index is -6.18. The number of phosphoric acid groups is 4. The summed E-state index contributed by atoms with van der Waals surface area (Å²) >= 11 is 0. The molecule has 3 fully saturated rings. The first-order chi connectivity index (χ1) is 37.2. The number of anilines is 3. The van der Waals surface area contributed by atoms with Crippen LogP contribution in [0.1, 0.15) is 25.6 Å². The van der Waals surface area contributed by atoms with Crippen LogP contribution in [0.15, 0.2) is 34.9 Å². The maximum absolute atomic E-state index is 13.7. The van der Waals surface area contributed by atoms with Gasteiger partial charge in [-0.1, -0.05) is 4.98 Å². The highest BCUT2D eigenvalue weighted by Crippen LogP contribution is 2.68. The number of nitrogen functional groups attached to an aromatic ring is 2. The van der Waals surface area contributed by atoms with Crippen LogP contribution < -0.4 is 32.5 Å². The van der Waals surface area contributed by atoms with E-state index < -0.39 is 136 Å². The van der Waals surface area contributed by atoms with E-state index in [2.05, 4.69) is 53.8 Å². The average Bonchev–Trinajstić information content (AvgIpc) is 4.39. The van der Waals surface area contributed by atoms with Crippen molar-refractivity contribution in [3.8, 4) is 0 Å². The summed E-state index contributed by atoms with van der Waals surface area (Å²) in [5.74, 6) is -1.31. The van der Waals surface area contributed by atoms with Gasteiger partial charge in [-0.15, -0.1) is 0 Å². The average molecular weight is 1200 g/mol. The molecule has 43 heteroatoms. The largest absolute Gasteiger partial charge is 0.490 e. The summed E-state index contributed by atoms with van der Waals surface area (Å²) in [4.78, 5) is 97.4. The van der Waals surface area contributed by atoms with E-state index in [0.717, 1.165) is 30.7 Å². The van der Waals surface area contributed by atoms with Crippen molar-refractivity contribution in [1.29, 1.82) is 0 Å². The number of nitrogens with one attached hydrogen (secondary N) is 3. The van der Waals surface area contributed by atoms with Gasteiger partial charge < -0.3 is 75.4 Å². The first kappa shape index (κ1) is 58.5. The number of nitrogens with two attached hydrogens (primary N) is 2. The van der Waals surface area contributed by atoms with E-state index in [1.54, 1.807) is 6.92 Å². The number of aryl methyl sites for hydroxylation is 1. The molecule has 14 N–H and O–H groups in total. The number of H-pyrrole nitrogens is 2. The number of aromatic amines is 2. The summed E-state index contributed by atoms with van der Waals surface area (Å²) in [6, 6.07) is 0. The molecule has 434 valence electrons. The molecular weight excluding hydrogens is 1150 g/mol. The van der Waals surface area contributed by atoms with E-state index in [4.69, 9.17) is 53.2 Å². The molecule has 0 saturated carbocycles. The van der Waals surface area contributed by atoms with E-state index in [1.807, 2.05) is 0 Å². The molecule has 6 aromatic rings. The van der Waals surface area contributed by atoms with E-state index in [-0.39, 0.29) is 57.8 Å². The van der Waals surface area contributed by atoms with E-state index in [9.17, 15) is 62.7 Å². The Labute approximate surface area is 440 Å². The van der Waals surface area contributed by atoms with Crippen LogP contribution in [0.4, 0.5) is 17.7 Å². The third kappa shape index (κ3) is 12.1. The molecule has 3 aliphatic rings. The zero-order chi connectivity index (χ0) is 57.1. The number of fused-ring (bicyclic) bond motifs is 3. The summed E-state index contributed by atoms with van der Waals surface area (Å²) in [5.41, 5.74) is 10.3. The van der Waals surface area contributed by atoms with Crippen molar-refractivity contribution in [3.63, 3.8) is 0 Å². The number of aromatic nitrogens is 12. The fourth-order valence-electron chi connectivity index (χ4n) is 9.01. The van der Waals surface area contributed by atoms with Gasteiger partial charge in [0.05, 0.1) is 52.2 Å². The Morgan fingerprint density at radius 1 is 0.722 bits per heavy atom. The van der Waals surface area contributed by atoms with Gasteiger partial charge in [-0.3, -0.25) is 51.4 Å². The second-order valence-electron chi connectivity index (χ2n) is 17.6. The lowest BCUT2D eigenvalue weighted by molar-refractivity contribution is -0.745. The molecule has 16 atom stereocenters. The van der Waals surface area contributed by atoms with Crippen molar-refractivity contribution in [3.05, 3.63) is 46.0 Å². The van der Waals surface area contributed by atoms with Crippen LogP contribution in [0.25, 0.3) is 33.5 Å². The number of imidazole rings is 3. The first-order valence-corrected chi connectivity index (χ1v) is 29.0. The highest BCUT2D eigenvalue weighted by molar-refractivity contribution is 7.66. The Balaban J connectivity index is 0.869. The first-order valence-electron chi connectivity index (χ1n) is 23.0. The number of phosphoric ester groups is 3. The normalized spacial score (nSPS) is 29.5. The minimum Gasteiger partial charge on any atom is -0.387 e. The Kier molecular flexibility index (Phi) is 16.8. The van der Waals surface area contributed by atoms with Gasteiger partial charge in [-0.05, 0) is 6.92 Å². The number of rotatable bonds is 23. The lowest BCUT2D eigenvalue weighted by Crippen LogP contribution is -2.45. The third-order valence-electron chi connectivity index (χ3n) is 12.4. The molecular formula is C36H52N15O24P4+. The van der Waals surface area contributed by atoms with Gasteiger partial charge in [0.2, 0.25) is 17.7 Å². The van der Waals surface area contributed by atoms with E-state index in [1.165, 1.54) is 34.2 Å². The monoisotopic (exact) mass is 1200 g/mol. The zero-order valence-electron chi connectivity index (χ0n) is 41.3. The van der Waals surface area contributed by atoms with Crippen molar-refractivity contribution in [2.45, 2.75) is 74.4 Å². The quantitative estimate of drug-likeness (QED) is 0.0225. The number of nitrogens with zero attached hydrogens (tertiary/aromatic N) is 10. The molecule has 39 nitrogen and oxygen atoms in total. The number of hydrogen-bond acceptors (Lipinski definition) is 29. The highest BCUT2D eigenvalue weighted by atomic mass is 31.3. The molecule has 0 bridgehead atoms. The van der Waals surface area contributed by atoms with Crippen molar-refractivity contribution >= 4 is 82.5 Å². The molecule has 4 unspecified atom stereocenters. The second kappa shape index (κ2) is 22.7. The molecule has 3 saturated heterocycles. The number of aliphatic hydroxyl groups excluding tert-OH is 3. The summed E-state index contributed by atoms with van der Waals surface area (Å²) < 4.78 is 116. The highest BCUT2D eigenvalue weighted by Gasteiger charge is 2.54.